The van der Waals surface area contributed by atoms with Gasteiger partial charge in [-0.3, -0.25) is 19.3 Å². The Labute approximate surface area is 190 Å². The van der Waals surface area contributed by atoms with Gasteiger partial charge in [0.05, 0.1) is 28.3 Å². The van der Waals surface area contributed by atoms with Gasteiger partial charge in [0.2, 0.25) is 5.91 Å². The largest absolute Gasteiger partial charge is 0.497 e. The molecule has 162 valence electrons. The molecule has 3 amide bonds. The Morgan fingerprint density at radius 3 is 1.94 bits per heavy atom. The lowest BCUT2D eigenvalue weighted by molar-refractivity contribution is -0.135. The van der Waals surface area contributed by atoms with Gasteiger partial charge >= 0.3 is 0 Å². The Bertz CT molecular complexity index is 1010. The molecule has 0 saturated carbocycles. The molecule has 0 aliphatic carbocycles. The minimum Gasteiger partial charge on any atom is -0.497 e. The van der Waals surface area contributed by atoms with E-state index in [2.05, 4.69) is 4.90 Å². The van der Waals surface area contributed by atoms with Crippen LogP contribution in [0.25, 0.3) is 0 Å². The van der Waals surface area contributed by atoms with Gasteiger partial charge in [0.15, 0.2) is 0 Å². The van der Waals surface area contributed by atoms with Crippen LogP contribution < -0.4 is 9.64 Å². The summed E-state index contributed by atoms with van der Waals surface area (Å²) < 4.78 is 5.19. The number of piperazine rings is 1. The minimum absolute atomic E-state index is 0.170. The maximum absolute atomic E-state index is 13.1. The number of amides is 3. The number of methoxy groups -OCH3 is 1. The second-order valence-electron chi connectivity index (χ2n) is 7.48. The first-order valence-electron chi connectivity index (χ1n) is 9.86. The summed E-state index contributed by atoms with van der Waals surface area (Å²) in [7, 11) is 1.62. The number of benzene rings is 2. The zero-order valence-electron chi connectivity index (χ0n) is 17.1. The molecule has 2 aromatic carbocycles. The maximum Gasteiger partial charge on any atom is 0.262 e. The van der Waals surface area contributed by atoms with Crippen LogP contribution in [-0.4, -0.2) is 66.9 Å². The van der Waals surface area contributed by atoms with Crippen LogP contribution in [0.1, 0.15) is 27.6 Å². The molecule has 7 nitrogen and oxygen atoms in total. The number of halogens is 2. The summed E-state index contributed by atoms with van der Waals surface area (Å²) in [5.41, 5.74) is 1.39. The Morgan fingerprint density at radius 1 is 0.935 bits per heavy atom. The third-order valence-corrected chi connectivity index (χ3v) is 6.45. The highest BCUT2D eigenvalue weighted by molar-refractivity contribution is 6.43. The number of nitrogens with zero attached hydrogens (tertiary/aromatic N) is 3. The first kappa shape index (κ1) is 21.5. The molecule has 1 fully saturated rings. The molecule has 1 atom stereocenters. The molecule has 0 N–H and O–H groups in total. The van der Waals surface area contributed by atoms with E-state index in [1.54, 1.807) is 18.9 Å². The SMILES string of the molecule is COc1ccc(N2CCN(C(=O)[C@H](C)N3C(=O)c4cc(Cl)c(Cl)cc4C3=O)CC2)cc1. The smallest absolute Gasteiger partial charge is 0.262 e. The van der Waals surface area contributed by atoms with Gasteiger partial charge in [0, 0.05) is 31.9 Å². The average Bonchev–Trinajstić information content (AvgIpc) is 3.02. The summed E-state index contributed by atoms with van der Waals surface area (Å²) in [6.45, 7) is 3.87. The molecule has 9 heteroatoms. The van der Waals surface area contributed by atoms with Crippen LogP contribution in [-0.2, 0) is 4.79 Å². The van der Waals surface area contributed by atoms with Crippen LogP contribution in [0.3, 0.4) is 0 Å². The number of carbonyl (C=O) groups is 3. The normalized spacial score (nSPS) is 17.1. The van der Waals surface area contributed by atoms with Gasteiger partial charge in [-0.15, -0.1) is 0 Å². The van der Waals surface area contributed by atoms with E-state index in [1.165, 1.54) is 12.1 Å². The zero-order valence-corrected chi connectivity index (χ0v) is 18.6. The molecule has 2 aliphatic heterocycles. The van der Waals surface area contributed by atoms with E-state index in [-0.39, 0.29) is 27.1 Å². The van der Waals surface area contributed by atoms with Gasteiger partial charge in [-0.2, -0.15) is 0 Å². The lowest BCUT2D eigenvalue weighted by Gasteiger charge is -2.38. The summed E-state index contributed by atoms with van der Waals surface area (Å²) in [5.74, 6) is -0.538. The average molecular weight is 462 g/mol. The summed E-state index contributed by atoms with van der Waals surface area (Å²) in [6.07, 6.45) is 0. The van der Waals surface area contributed by atoms with Crippen LogP contribution in [0, 0.1) is 0 Å². The van der Waals surface area contributed by atoms with E-state index in [1.807, 2.05) is 24.3 Å². The molecule has 2 heterocycles. The van der Waals surface area contributed by atoms with E-state index >= 15 is 0 Å². The van der Waals surface area contributed by atoms with Crippen molar-refractivity contribution in [1.29, 1.82) is 0 Å². The van der Waals surface area contributed by atoms with E-state index in [0.29, 0.717) is 26.2 Å². The van der Waals surface area contributed by atoms with Crippen molar-refractivity contribution >= 4 is 46.6 Å². The van der Waals surface area contributed by atoms with E-state index in [9.17, 15) is 14.4 Å². The fourth-order valence-electron chi connectivity index (χ4n) is 3.96. The van der Waals surface area contributed by atoms with Crippen molar-refractivity contribution in [1.82, 2.24) is 9.80 Å². The van der Waals surface area contributed by atoms with Gasteiger partial charge in [-0.1, -0.05) is 23.2 Å². The van der Waals surface area contributed by atoms with Crippen LogP contribution in [0.5, 0.6) is 5.75 Å². The third kappa shape index (κ3) is 3.83. The molecule has 0 unspecified atom stereocenters. The highest BCUT2D eigenvalue weighted by atomic mass is 35.5. The molecule has 1 saturated heterocycles. The van der Waals surface area contributed by atoms with Gasteiger partial charge in [-0.25, -0.2) is 0 Å². The fraction of sp³-hybridized carbons (Fsp3) is 0.318. The summed E-state index contributed by atoms with van der Waals surface area (Å²) in [5, 5.41) is 0.383. The van der Waals surface area contributed by atoms with Crippen molar-refractivity contribution < 1.29 is 19.1 Å². The topological polar surface area (TPSA) is 70.2 Å². The highest BCUT2D eigenvalue weighted by Crippen LogP contribution is 2.32. The Hall–Kier alpha value is -2.77. The molecule has 0 bridgehead atoms. The molecule has 0 spiro atoms. The Balaban J connectivity index is 1.43. The Morgan fingerprint density at radius 2 is 1.45 bits per heavy atom. The Kier molecular flexibility index (Phi) is 5.81. The van der Waals surface area contributed by atoms with Crippen molar-refractivity contribution in [2.24, 2.45) is 0 Å². The molecular weight excluding hydrogens is 441 g/mol. The fourth-order valence-corrected chi connectivity index (χ4v) is 4.28. The van der Waals surface area contributed by atoms with Crippen molar-refractivity contribution in [3.8, 4) is 5.75 Å². The maximum atomic E-state index is 13.1. The van der Waals surface area contributed by atoms with Crippen molar-refractivity contribution in [3.05, 3.63) is 57.6 Å². The van der Waals surface area contributed by atoms with Crippen LogP contribution in [0.2, 0.25) is 10.0 Å². The molecule has 31 heavy (non-hydrogen) atoms. The number of carbonyl (C=O) groups excluding carboxylic acids is 3. The molecule has 2 aliphatic rings. The number of hydrogen-bond donors (Lipinski definition) is 0. The van der Waals surface area contributed by atoms with Crippen molar-refractivity contribution in [2.75, 3.05) is 38.2 Å². The lowest BCUT2D eigenvalue weighted by atomic mass is 10.1. The molecular formula is C22H21Cl2N3O4. The second kappa shape index (κ2) is 8.40. The number of ether oxygens (including phenoxy) is 1. The van der Waals surface area contributed by atoms with Crippen LogP contribution in [0.4, 0.5) is 5.69 Å². The van der Waals surface area contributed by atoms with Gasteiger partial charge < -0.3 is 14.5 Å². The summed E-state index contributed by atoms with van der Waals surface area (Å²) >= 11 is 12.0. The number of imide groups is 1. The van der Waals surface area contributed by atoms with Gasteiger partial charge in [0.25, 0.3) is 11.8 Å². The van der Waals surface area contributed by atoms with Gasteiger partial charge in [-0.05, 0) is 43.3 Å². The first-order chi connectivity index (χ1) is 14.8. The highest BCUT2D eigenvalue weighted by Gasteiger charge is 2.42. The zero-order chi connectivity index (χ0) is 22.3. The van der Waals surface area contributed by atoms with E-state index in [4.69, 9.17) is 27.9 Å². The predicted molar refractivity (Wildman–Crippen MR) is 118 cm³/mol. The van der Waals surface area contributed by atoms with Crippen molar-refractivity contribution in [2.45, 2.75) is 13.0 Å². The van der Waals surface area contributed by atoms with E-state index < -0.39 is 17.9 Å². The monoisotopic (exact) mass is 461 g/mol. The second-order valence-corrected chi connectivity index (χ2v) is 8.29. The van der Waals surface area contributed by atoms with Crippen LogP contribution >= 0.6 is 23.2 Å². The first-order valence-corrected chi connectivity index (χ1v) is 10.6. The minimum atomic E-state index is -0.919. The van der Waals surface area contributed by atoms with E-state index in [0.717, 1.165) is 16.3 Å². The predicted octanol–water partition coefficient (Wildman–Crippen LogP) is 3.34. The molecule has 2 aromatic rings. The molecule has 0 aromatic heterocycles. The quantitative estimate of drug-likeness (QED) is 0.653. The van der Waals surface area contributed by atoms with Crippen LogP contribution in [0.15, 0.2) is 36.4 Å². The third-order valence-electron chi connectivity index (χ3n) is 5.73. The molecule has 4 rings (SSSR count). The lowest BCUT2D eigenvalue weighted by Crippen LogP contribution is -2.55. The number of fused-ring (bicyclic) bond motifs is 1. The number of hydrogen-bond acceptors (Lipinski definition) is 5. The standard InChI is InChI=1S/C22H21Cl2N3O4/c1-13(27-21(29)16-11-18(23)19(24)12-17(16)22(27)30)20(28)26-9-7-25(8-10-26)14-3-5-15(31-2)6-4-14/h3-6,11-13H,7-10H2,1-2H3/t13-/m0/s1. The number of rotatable bonds is 4. The van der Waals surface area contributed by atoms with Crippen molar-refractivity contribution in [3.63, 3.8) is 0 Å². The summed E-state index contributed by atoms with van der Waals surface area (Å²) in [6, 6.07) is 9.60. The van der Waals surface area contributed by atoms with Gasteiger partial charge in [0.1, 0.15) is 11.8 Å². The number of anilines is 1. The summed E-state index contributed by atoms with van der Waals surface area (Å²) in [4.78, 5) is 43.6. The molecule has 0 radical (unpaired) electrons.